The SMILES string of the molecule is CC(C(=O)NCCC(=O)O)c1c(F)cccc1F. The van der Waals surface area contributed by atoms with Crippen molar-refractivity contribution in [1.29, 1.82) is 0 Å². The molecule has 1 atom stereocenters. The summed E-state index contributed by atoms with van der Waals surface area (Å²) in [7, 11) is 0. The number of nitrogens with one attached hydrogen (secondary N) is 1. The van der Waals surface area contributed by atoms with E-state index in [0.717, 1.165) is 12.1 Å². The number of halogens is 2. The average Bonchev–Trinajstić information content (AvgIpc) is 2.27. The molecule has 2 N–H and O–H groups in total. The van der Waals surface area contributed by atoms with E-state index in [1.165, 1.54) is 13.0 Å². The van der Waals surface area contributed by atoms with Gasteiger partial charge in [-0.2, -0.15) is 0 Å². The molecular weight excluding hydrogens is 244 g/mol. The molecular formula is C12H13F2NO3. The van der Waals surface area contributed by atoms with E-state index in [1.807, 2.05) is 0 Å². The van der Waals surface area contributed by atoms with Crippen molar-refractivity contribution in [1.82, 2.24) is 5.32 Å². The van der Waals surface area contributed by atoms with E-state index in [9.17, 15) is 18.4 Å². The molecule has 1 aromatic rings. The van der Waals surface area contributed by atoms with Crippen LogP contribution in [-0.2, 0) is 9.59 Å². The van der Waals surface area contributed by atoms with Crippen molar-refractivity contribution in [2.75, 3.05) is 6.54 Å². The van der Waals surface area contributed by atoms with Crippen LogP contribution in [0.15, 0.2) is 18.2 Å². The lowest BCUT2D eigenvalue weighted by Gasteiger charge is -2.13. The van der Waals surface area contributed by atoms with Gasteiger partial charge in [0.05, 0.1) is 12.3 Å². The quantitative estimate of drug-likeness (QED) is 0.843. The molecule has 0 fully saturated rings. The maximum atomic E-state index is 13.4. The Bertz CT molecular complexity index is 442. The van der Waals surface area contributed by atoms with Crippen LogP contribution in [0.25, 0.3) is 0 Å². The highest BCUT2D eigenvalue weighted by Gasteiger charge is 2.22. The van der Waals surface area contributed by atoms with E-state index in [2.05, 4.69) is 5.32 Å². The van der Waals surface area contributed by atoms with Crippen molar-refractivity contribution in [2.24, 2.45) is 0 Å². The van der Waals surface area contributed by atoms with Crippen LogP contribution in [0.5, 0.6) is 0 Å². The van der Waals surface area contributed by atoms with Gasteiger partial charge < -0.3 is 10.4 Å². The summed E-state index contributed by atoms with van der Waals surface area (Å²) in [6.07, 6.45) is -0.238. The van der Waals surface area contributed by atoms with E-state index in [1.54, 1.807) is 0 Å². The second kappa shape index (κ2) is 6.09. The maximum absolute atomic E-state index is 13.4. The number of hydrogen-bond donors (Lipinski definition) is 2. The smallest absolute Gasteiger partial charge is 0.305 e. The molecule has 0 aliphatic heterocycles. The first-order valence-corrected chi connectivity index (χ1v) is 5.37. The molecule has 1 unspecified atom stereocenters. The summed E-state index contributed by atoms with van der Waals surface area (Å²) in [6, 6.07) is 3.35. The van der Waals surface area contributed by atoms with Crippen LogP contribution in [0.3, 0.4) is 0 Å². The molecule has 1 amide bonds. The van der Waals surface area contributed by atoms with Gasteiger partial charge in [0.15, 0.2) is 0 Å². The van der Waals surface area contributed by atoms with Gasteiger partial charge in [-0.25, -0.2) is 8.78 Å². The second-order valence-corrected chi connectivity index (χ2v) is 3.79. The first-order valence-electron chi connectivity index (χ1n) is 5.37. The van der Waals surface area contributed by atoms with E-state index < -0.39 is 29.4 Å². The molecule has 18 heavy (non-hydrogen) atoms. The van der Waals surface area contributed by atoms with Gasteiger partial charge in [0, 0.05) is 12.1 Å². The van der Waals surface area contributed by atoms with Crippen LogP contribution >= 0.6 is 0 Å². The first kappa shape index (κ1) is 14.1. The van der Waals surface area contributed by atoms with Crippen molar-refractivity contribution in [3.8, 4) is 0 Å². The second-order valence-electron chi connectivity index (χ2n) is 3.79. The number of benzene rings is 1. The number of aliphatic carboxylic acids is 1. The number of carboxylic acids is 1. The lowest BCUT2D eigenvalue weighted by atomic mass is 9.99. The van der Waals surface area contributed by atoms with Gasteiger partial charge in [-0.1, -0.05) is 6.07 Å². The number of rotatable bonds is 5. The van der Waals surface area contributed by atoms with Crippen molar-refractivity contribution < 1.29 is 23.5 Å². The number of carbonyl (C=O) groups is 2. The van der Waals surface area contributed by atoms with Gasteiger partial charge >= 0.3 is 5.97 Å². The van der Waals surface area contributed by atoms with Crippen LogP contribution in [0.1, 0.15) is 24.8 Å². The highest BCUT2D eigenvalue weighted by atomic mass is 19.1. The van der Waals surface area contributed by atoms with Gasteiger partial charge in [-0.05, 0) is 19.1 Å². The molecule has 0 spiro atoms. The summed E-state index contributed by atoms with van der Waals surface area (Å²) in [4.78, 5) is 21.8. The van der Waals surface area contributed by atoms with Gasteiger partial charge in [0.2, 0.25) is 5.91 Å². The summed E-state index contributed by atoms with van der Waals surface area (Å²) in [5.74, 6) is -4.27. The third-order valence-electron chi connectivity index (χ3n) is 2.46. The summed E-state index contributed by atoms with van der Waals surface area (Å²) in [5.41, 5.74) is -0.315. The molecule has 1 aromatic carbocycles. The summed E-state index contributed by atoms with van der Waals surface area (Å²) < 4.78 is 26.8. The first-order chi connectivity index (χ1) is 8.43. The Hall–Kier alpha value is -1.98. The third-order valence-corrected chi connectivity index (χ3v) is 2.46. The van der Waals surface area contributed by atoms with Crippen LogP contribution < -0.4 is 5.32 Å². The zero-order valence-corrected chi connectivity index (χ0v) is 9.74. The fraction of sp³-hybridized carbons (Fsp3) is 0.333. The molecule has 0 aliphatic carbocycles. The summed E-state index contributed by atoms with van der Waals surface area (Å²) >= 11 is 0. The van der Waals surface area contributed by atoms with Crippen molar-refractivity contribution in [3.63, 3.8) is 0 Å². The molecule has 0 saturated carbocycles. The minimum absolute atomic E-state index is 0.0748. The number of hydrogen-bond acceptors (Lipinski definition) is 2. The van der Waals surface area contributed by atoms with Crippen LogP contribution in [-0.4, -0.2) is 23.5 Å². The number of amides is 1. The minimum atomic E-state index is -1.06. The van der Waals surface area contributed by atoms with E-state index >= 15 is 0 Å². The largest absolute Gasteiger partial charge is 0.481 e. The average molecular weight is 257 g/mol. The predicted molar refractivity (Wildman–Crippen MR) is 60.0 cm³/mol. The van der Waals surface area contributed by atoms with Crippen LogP contribution in [0.4, 0.5) is 8.78 Å². The molecule has 0 aromatic heterocycles. The molecule has 0 heterocycles. The monoisotopic (exact) mass is 257 g/mol. The lowest BCUT2D eigenvalue weighted by Crippen LogP contribution is -2.30. The van der Waals surface area contributed by atoms with E-state index in [0.29, 0.717) is 0 Å². The zero-order valence-electron chi connectivity index (χ0n) is 9.74. The number of carbonyl (C=O) groups excluding carboxylic acids is 1. The highest BCUT2D eigenvalue weighted by Crippen LogP contribution is 2.22. The Morgan fingerprint density at radius 1 is 1.33 bits per heavy atom. The van der Waals surface area contributed by atoms with Crippen LogP contribution in [0, 0.1) is 11.6 Å². The Labute approximate surface area is 103 Å². The Kier molecular flexibility index (Phi) is 4.76. The van der Waals surface area contributed by atoms with E-state index in [4.69, 9.17) is 5.11 Å². The van der Waals surface area contributed by atoms with Gasteiger partial charge in [-0.15, -0.1) is 0 Å². The zero-order chi connectivity index (χ0) is 13.7. The van der Waals surface area contributed by atoms with Gasteiger partial charge in [0.1, 0.15) is 11.6 Å². The predicted octanol–water partition coefficient (Wildman–Crippen LogP) is 1.66. The summed E-state index contributed by atoms with van der Waals surface area (Å²) in [5, 5.41) is 10.7. The topological polar surface area (TPSA) is 66.4 Å². The molecule has 0 saturated heterocycles. The molecule has 1 rings (SSSR count). The van der Waals surface area contributed by atoms with Gasteiger partial charge in [-0.3, -0.25) is 9.59 Å². The molecule has 0 radical (unpaired) electrons. The van der Waals surface area contributed by atoms with Crippen molar-refractivity contribution >= 4 is 11.9 Å². The Morgan fingerprint density at radius 2 is 1.89 bits per heavy atom. The minimum Gasteiger partial charge on any atom is -0.481 e. The Morgan fingerprint density at radius 3 is 2.39 bits per heavy atom. The molecule has 98 valence electrons. The van der Waals surface area contributed by atoms with Gasteiger partial charge in [0.25, 0.3) is 0 Å². The molecule has 6 heteroatoms. The molecule has 4 nitrogen and oxygen atoms in total. The van der Waals surface area contributed by atoms with Crippen molar-refractivity contribution in [3.05, 3.63) is 35.4 Å². The number of carboxylic acid groups (broad SMARTS) is 1. The highest BCUT2D eigenvalue weighted by molar-refractivity contribution is 5.83. The molecule has 0 aliphatic rings. The normalized spacial score (nSPS) is 11.9. The summed E-state index contributed by atoms with van der Waals surface area (Å²) in [6.45, 7) is 1.28. The molecule has 0 bridgehead atoms. The van der Waals surface area contributed by atoms with E-state index in [-0.39, 0.29) is 18.5 Å². The fourth-order valence-electron chi connectivity index (χ4n) is 1.50. The van der Waals surface area contributed by atoms with Crippen LogP contribution in [0.2, 0.25) is 0 Å². The van der Waals surface area contributed by atoms with Crippen molar-refractivity contribution in [2.45, 2.75) is 19.3 Å². The standard InChI is InChI=1S/C12H13F2NO3/c1-7(12(18)15-6-5-10(16)17)11-8(13)3-2-4-9(11)14/h2-4,7H,5-6H2,1H3,(H,15,18)(H,16,17). The lowest BCUT2D eigenvalue weighted by molar-refractivity contribution is -0.136. The third kappa shape index (κ3) is 3.51. The fourth-order valence-corrected chi connectivity index (χ4v) is 1.50. The maximum Gasteiger partial charge on any atom is 0.305 e. The Balaban J connectivity index is 2.71.